The van der Waals surface area contributed by atoms with Gasteiger partial charge in [0.15, 0.2) is 5.16 Å². The van der Waals surface area contributed by atoms with Crippen LogP contribution >= 0.6 is 11.8 Å². The van der Waals surface area contributed by atoms with Crippen LogP contribution in [0, 0.1) is 5.92 Å². The topological polar surface area (TPSA) is 54.9 Å². The summed E-state index contributed by atoms with van der Waals surface area (Å²) in [5, 5.41) is 3.32. The highest BCUT2D eigenvalue weighted by Gasteiger charge is 2.24. The lowest BCUT2D eigenvalue weighted by atomic mass is 10.1. The second-order valence-electron chi connectivity index (χ2n) is 4.67. The van der Waals surface area contributed by atoms with Gasteiger partial charge in [0.2, 0.25) is 5.91 Å². The summed E-state index contributed by atoms with van der Waals surface area (Å²) in [5.74, 6) is 0.163. The quantitative estimate of drug-likeness (QED) is 0.677. The molecule has 0 saturated carbocycles. The molecule has 0 radical (unpaired) electrons. The Hall–Kier alpha value is -1.88. The van der Waals surface area contributed by atoms with Gasteiger partial charge in [-0.2, -0.15) is 0 Å². The number of thioether (sulfide) groups is 1. The number of anilines is 1. The number of nitrogens with one attached hydrogen (secondary N) is 1. The van der Waals surface area contributed by atoms with E-state index in [0.29, 0.717) is 5.16 Å². The van der Waals surface area contributed by atoms with Crippen LogP contribution in [0.1, 0.15) is 13.8 Å². The molecule has 0 aliphatic heterocycles. The number of amides is 1. The minimum Gasteiger partial charge on any atom is -0.325 e. The fourth-order valence-electron chi connectivity index (χ4n) is 1.69. The monoisotopic (exact) mass is 287 g/mol. The van der Waals surface area contributed by atoms with Gasteiger partial charge in [-0.15, -0.1) is 0 Å². The zero-order valence-corrected chi connectivity index (χ0v) is 12.3. The molecule has 0 fully saturated rings. The third-order valence-electron chi connectivity index (χ3n) is 2.68. The van der Waals surface area contributed by atoms with Crippen molar-refractivity contribution >= 4 is 23.4 Å². The molecule has 1 aromatic carbocycles. The molecule has 0 aliphatic rings. The summed E-state index contributed by atoms with van der Waals surface area (Å²) >= 11 is 1.39. The number of rotatable bonds is 5. The Morgan fingerprint density at radius 1 is 1.10 bits per heavy atom. The van der Waals surface area contributed by atoms with Gasteiger partial charge in [-0.25, -0.2) is 9.97 Å². The van der Waals surface area contributed by atoms with E-state index in [4.69, 9.17) is 0 Å². The molecule has 5 heteroatoms. The van der Waals surface area contributed by atoms with Crippen molar-refractivity contribution in [2.75, 3.05) is 5.32 Å². The van der Waals surface area contributed by atoms with E-state index in [9.17, 15) is 4.79 Å². The van der Waals surface area contributed by atoms with Crippen molar-refractivity contribution in [3.63, 3.8) is 0 Å². The Kier molecular flexibility index (Phi) is 5.12. The number of aromatic nitrogens is 2. The number of benzene rings is 1. The van der Waals surface area contributed by atoms with Crippen LogP contribution in [-0.4, -0.2) is 21.1 Å². The molecular formula is C15H17N3OS. The number of hydrogen-bond donors (Lipinski definition) is 1. The Balaban J connectivity index is 2.07. The number of nitrogens with zero attached hydrogens (tertiary/aromatic N) is 2. The van der Waals surface area contributed by atoms with Crippen molar-refractivity contribution in [1.82, 2.24) is 9.97 Å². The van der Waals surface area contributed by atoms with Crippen LogP contribution in [0.3, 0.4) is 0 Å². The zero-order valence-electron chi connectivity index (χ0n) is 11.5. The average molecular weight is 287 g/mol. The predicted octanol–water partition coefficient (Wildman–Crippen LogP) is 3.23. The highest BCUT2D eigenvalue weighted by Crippen LogP contribution is 2.26. The molecule has 1 heterocycles. The Morgan fingerprint density at radius 3 is 2.35 bits per heavy atom. The third kappa shape index (κ3) is 4.06. The Morgan fingerprint density at radius 2 is 1.75 bits per heavy atom. The molecule has 1 aromatic heterocycles. The largest absolute Gasteiger partial charge is 0.325 e. The molecule has 104 valence electrons. The van der Waals surface area contributed by atoms with Crippen molar-refractivity contribution in [1.29, 1.82) is 0 Å². The van der Waals surface area contributed by atoms with E-state index < -0.39 is 0 Å². The van der Waals surface area contributed by atoms with E-state index in [-0.39, 0.29) is 17.1 Å². The summed E-state index contributed by atoms with van der Waals surface area (Å²) in [4.78, 5) is 20.7. The first-order valence-electron chi connectivity index (χ1n) is 6.46. The van der Waals surface area contributed by atoms with Crippen LogP contribution in [-0.2, 0) is 4.79 Å². The summed E-state index contributed by atoms with van der Waals surface area (Å²) < 4.78 is 0. The molecule has 0 aliphatic carbocycles. The lowest BCUT2D eigenvalue weighted by Gasteiger charge is -2.18. The third-order valence-corrected chi connectivity index (χ3v) is 4.11. The smallest absolute Gasteiger partial charge is 0.238 e. The summed E-state index contributed by atoms with van der Waals surface area (Å²) in [6.07, 6.45) is 3.36. The molecule has 0 spiro atoms. The normalized spacial score (nSPS) is 12.2. The zero-order chi connectivity index (χ0) is 14.4. The van der Waals surface area contributed by atoms with Crippen molar-refractivity contribution in [2.24, 2.45) is 5.92 Å². The molecular weight excluding hydrogens is 270 g/mol. The van der Waals surface area contributed by atoms with Crippen LogP contribution in [0.5, 0.6) is 0 Å². The highest BCUT2D eigenvalue weighted by molar-refractivity contribution is 8.00. The minimum atomic E-state index is -0.224. The SMILES string of the molecule is CC(C)[C@H](Sc1ncccn1)C(=O)Nc1ccccc1. The molecule has 0 saturated heterocycles. The molecule has 4 nitrogen and oxygen atoms in total. The minimum absolute atomic E-state index is 0.0244. The van der Waals surface area contributed by atoms with Gasteiger partial charge in [0.05, 0.1) is 5.25 Å². The van der Waals surface area contributed by atoms with Gasteiger partial charge in [0.1, 0.15) is 0 Å². The maximum absolute atomic E-state index is 12.4. The van der Waals surface area contributed by atoms with Crippen molar-refractivity contribution in [2.45, 2.75) is 24.3 Å². The van der Waals surface area contributed by atoms with E-state index in [2.05, 4.69) is 15.3 Å². The van der Waals surface area contributed by atoms with Crippen molar-refractivity contribution < 1.29 is 4.79 Å². The Labute approximate surface area is 123 Å². The van der Waals surface area contributed by atoms with E-state index in [1.807, 2.05) is 44.2 Å². The van der Waals surface area contributed by atoms with E-state index in [1.54, 1.807) is 18.5 Å². The Bertz CT molecular complexity index is 546. The van der Waals surface area contributed by atoms with Gasteiger partial charge in [-0.3, -0.25) is 4.79 Å². The van der Waals surface area contributed by atoms with Gasteiger partial charge in [0, 0.05) is 18.1 Å². The maximum atomic E-state index is 12.4. The standard InChI is InChI=1S/C15H17N3OS/c1-11(2)13(20-15-16-9-6-10-17-15)14(19)18-12-7-4-3-5-8-12/h3-11,13H,1-2H3,(H,18,19)/t13-/m0/s1. The highest BCUT2D eigenvalue weighted by atomic mass is 32.2. The first-order chi connectivity index (χ1) is 9.66. The van der Waals surface area contributed by atoms with E-state index in [0.717, 1.165) is 5.69 Å². The van der Waals surface area contributed by atoms with Gasteiger partial charge in [-0.05, 0) is 24.1 Å². The van der Waals surface area contributed by atoms with Crippen LogP contribution in [0.4, 0.5) is 5.69 Å². The summed E-state index contributed by atoms with van der Waals surface area (Å²) in [6, 6.07) is 11.2. The number of carbonyl (C=O) groups excluding carboxylic acids is 1. The second-order valence-corrected chi connectivity index (χ2v) is 5.78. The number of hydrogen-bond acceptors (Lipinski definition) is 4. The lowest BCUT2D eigenvalue weighted by molar-refractivity contribution is -0.116. The van der Waals surface area contributed by atoms with E-state index in [1.165, 1.54) is 11.8 Å². The maximum Gasteiger partial charge on any atom is 0.238 e. The average Bonchev–Trinajstić information content (AvgIpc) is 2.46. The van der Waals surface area contributed by atoms with Crippen LogP contribution in [0.15, 0.2) is 53.9 Å². The van der Waals surface area contributed by atoms with Crippen LogP contribution in [0.25, 0.3) is 0 Å². The van der Waals surface area contributed by atoms with Gasteiger partial charge < -0.3 is 5.32 Å². The van der Waals surface area contributed by atoms with Crippen molar-refractivity contribution in [3.05, 3.63) is 48.8 Å². The number of carbonyl (C=O) groups is 1. The predicted molar refractivity (Wildman–Crippen MR) is 81.6 cm³/mol. The summed E-state index contributed by atoms with van der Waals surface area (Å²) in [5.41, 5.74) is 0.803. The fraction of sp³-hybridized carbons (Fsp3) is 0.267. The molecule has 20 heavy (non-hydrogen) atoms. The van der Waals surface area contributed by atoms with Crippen molar-refractivity contribution in [3.8, 4) is 0 Å². The molecule has 1 N–H and O–H groups in total. The molecule has 2 rings (SSSR count). The summed E-state index contributed by atoms with van der Waals surface area (Å²) in [7, 11) is 0. The van der Waals surface area contributed by atoms with Crippen LogP contribution < -0.4 is 5.32 Å². The molecule has 1 atom stereocenters. The first-order valence-corrected chi connectivity index (χ1v) is 7.34. The second kappa shape index (κ2) is 7.05. The molecule has 0 unspecified atom stereocenters. The molecule has 2 aromatic rings. The van der Waals surface area contributed by atoms with Gasteiger partial charge in [0.25, 0.3) is 0 Å². The number of para-hydroxylation sites is 1. The van der Waals surface area contributed by atoms with Gasteiger partial charge >= 0.3 is 0 Å². The first kappa shape index (κ1) is 14.5. The molecule has 0 bridgehead atoms. The summed E-state index contributed by atoms with van der Waals surface area (Å²) in [6.45, 7) is 4.04. The lowest BCUT2D eigenvalue weighted by Crippen LogP contribution is -2.29. The molecule has 1 amide bonds. The fourth-order valence-corrected chi connectivity index (χ4v) is 2.60. The van der Waals surface area contributed by atoms with Crippen LogP contribution in [0.2, 0.25) is 0 Å². The van der Waals surface area contributed by atoms with E-state index >= 15 is 0 Å². The van der Waals surface area contributed by atoms with Gasteiger partial charge in [-0.1, -0.05) is 43.8 Å².